The molecule has 0 aliphatic rings. The van der Waals surface area contributed by atoms with Gasteiger partial charge in [-0.15, -0.1) is 5.10 Å². The van der Waals surface area contributed by atoms with E-state index in [4.69, 9.17) is 9.84 Å². The van der Waals surface area contributed by atoms with Gasteiger partial charge in [-0.25, -0.2) is 0 Å². The number of para-hydroxylation sites is 2. The highest BCUT2D eigenvalue weighted by atomic mass is 79.9. The molecule has 0 amide bonds. The quantitative estimate of drug-likeness (QED) is 0.205. The molecule has 6 nitrogen and oxygen atoms in total. The van der Waals surface area contributed by atoms with Crippen molar-refractivity contribution in [1.29, 1.82) is 0 Å². The minimum Gasteiger partial charge on any atom is -0.438 e. The first-order chi connectivity index (χ1) is 16.1. The van der Waals surface area contributed by atoms with Crippen molar-refractivity contribution >= 4 is 43.7 Å². The lowest BCUT2D eigenvalue weighted by Crippen LogP contribution is -2.08. The summed E-state index contributed by atoms with van der Waals surface area (Å²) < 4.78 is 12.3. The Hall–Kier alpha value is -3.49. The molecule has 2 heterocycles. The van der Waals surface area contributed by atoms with Gasteiger partial charge in [-0.05, 0) is 55.5 Å². The highest BCUT2D eigenvalue weighted by Gasteiger charge is 2.18. The van der Waals surface area contributed by atoms with Gasteiger partial charge in [-0.3, -0.25) is 0 Å². The molecule has 0 fully saturated rings. The van der Waals surface area contributed by atoms with Gasteiger partial charge in [-0.1, -0.05) is 57.6 Å². The summed E-state index contributed by atoms with van der Waals surface area (Å²) in [7, 11) is 1.99. The molecule has 0 saturated heterocycles. The van der Waals surface area contributed by atoms with Crippen LogP contribution in [-0.4, -0.2) is 20.6 Å². The Balaban J connectivity index is 1.58. The van der Waals surface area contributed by atoms with Gasteiger partial charge in [0.25, 0.3) is 0 Å². The molecule has 5 rings (SSSR count). The third-order valence-electron chi connectivity index (χ3n) is 5.14. The molecule has 33 heavy (non-hydrogen) atoms. The first kappa shape index (κ1) is 21.4. The van der Waals surface area contributed by atoms with Crippen LogP contribution in [0.1, 0.15) is 11.3 Å². The molecule has 2 aromatic heterocycles. The lowest BCUT2D eigenvalue weighted by atomic mass is 10.2. The third kappa shape index (κ3) is 4.40. The molecule has 0 N–H and O–H groups in total. The van der Waals surface area contributed by atoms with Gasteiger partial charge < -0.3 is 9.30 Å². The number of hydrogen-bond acceptors (Lipinski definition) is 5. The van der Waals surface area contributed by atoms with Crippen molar-refractivity contribution in [1.82, 2.24) is 14.3 Å². The number of thiazole rings is 1. The highest BCUT2D eigenvalue weighted by molar-refractivity contribution is 9.10. The number of rotatable bonds is 5. The number of aromatic nitrogens is 3. The molecule has 164 valence electrons. The summed E-state index contributed by atoms with van der Waals surface area (Å²) >= 11 is 5.07. The third-order valence-corrected chi connectivity index (χ3v) is 6.77. The average Bonchev–Trinajstić information content (AvgIpc) is 3.33. The van der Waals surface area contributed by atoms with Crippen LogP contribution in [-0.2, 0) is 7.05 Å². The van der Waals surface area contributed by atoms with E-state index in [-0.39, 0.29) is 0 Å². The normalized spacial score (nSPS) is 12.2. The van der Waals surface area contributed by atoms with Gasteiger partial charge in [0.15, 0.2) is 0 Å². The number of nitrogens with zero attached hydrogens (tertiary/aromatic N) is 5. The summed E-state index contributed by atoms with van der Waals surface area (Å²) in [6.45, 7) is 1.94. The SMILES string of the molecule is Cc1nn(-c2ccccc2)c(Oc2ccc(Br)cc2)c1/C=N\N=c1/sc2ccccc2n1C. The molecule has 0 atom stereocenters. The zero-order chi connectivity index (χ0) is 22.8. The van der Waals surface area contributed by atoms with Crippen molar-refractivity contribution in [3.05, 3.63) is 99.4 Å². The Morgan fingerprint density at radius 2 is 1.70 bits per heavy atom. The van der Waals surface area contributed by atoms with Gasteiger partial charge in [0.2, 0.25) is 10.7 Å². The van der Waals surface area contributed by atoms with Crippen LogP contribution in [0.3, 0.4) is 0 Å². The van der Waals surface area contributed by atoms with E-state index in [1.165, 1.54) is 4.70 Å². The van der Waals surface area contributed by atoms with E-state index in [0.717, 1.165) is 31.7 Å². The fourth-order valence-electron chi connectivity index (χ4n) is 3.44. The first-order valence-corrected chi connectivity index (χ1v) is 11.9. The van der Waals surface area contributed by atoms with E-state index in [9.17, 15) is 0 Å². The van der Waals surface area contributed by atoms with E-state index in [2.05, 4.69) is 38.3 Å². The van der Waals surface area contributed by atoms with E-state index in [1.54, 1.807) is 22.2 Å². The van der Waals surface area contributed by atoms with Gasteiger partial charge in [0.1, 0.15) is 5.75 Å². The van der Waals surface area contributed by atoms with Crippen LogP contribution in [0.5, 0.6) is 11.6 Å². The second-order valence-corrected chi connectivity index (χ2v) is 9.29. The maximum Gasteiger partial charge on any atom is 0.231 e. The van der Waals surface area contributed by atoms with Crippen molar-refractivity contribution in [3.8, 4) is 17.3 Å². The fraction of sp³-hybridized carbons (Fsp3) is 0.0800. The van der Waals surface area contributed by atoms with Crippen LogP contribution in [0.15, 0.2) is 93.5 Å². The highest BCUT2D eigenvalue weighted by Crippen LogP contribution is 2.30. The molecular weight excluding hydrogens is 498 g/mol. The van der Waals surface area contributed by atoms with Gasteiger partial charge in [0, 0.05) is 11.5 Å². The van der Waals surface area contributed by atoms with Crippen molar-refractivity contribution in [3.63, 3.8) is 0 Å². The molecule has 0 unspecified atom stereocenters. The van der Waals surface area contributed by atoms with Crippen molar-refractivity contribution in [2.75, 3.05) is 0 Å². The summed E-state index contributed by atoms with van der Waals surface area (Å²) in [4.78, 5) is 0.816. The van der Waals surface area contributed by atoms with Gasteiger partial charge >= 0.3 is 0 Å². The fourth-order valence-corrected chi connectivity index (χ4v) is 4.68. The second kappa shape index (κ2) is 9.17. The molecule has 0 radical (unpaired) electrons. The van der Waals surface area contributed by atoms with Crippen LogP contribution in [0, 0.1) is 6.92 Å². The first-order valence-electron chi connectivity index (χ1n) is 10.3. The second-order valence-electron chi connectivity index (χ2n) is 7.36. The van der Waals surface area contributed by atoms with Crippen LogP contribution in [0.4, 0.5) is 0 Å². The maximum absolute atomic E-state index is 6.29. The monoisotopic (exact) mass is 517 g/mol. The zero-order valence-corrected chi connectivity index (χ0v) is 20.4. The van der Waals surface area contributed by atoms with Gasteiger partial charge in [0.05, 0.1) is 33.4 Å². The summed E-state index contributed by atoms with van der Waals surface area (Å²) in [6, 6.07) is 25.8. The van der Waals surface area contributed by atoms with Gasteiger partial charge in [-0.2, -0.15) is 14.9 Å². The largest absolute Gasteiger partial charge is 0.438 e. The Bertz CT molecular complexity index is 1510. The van der Waals surface area contributed by atoms with E-state index in [1.807, 2.05) is 85.3 Å². The van der Waals surface area contributed by atoms with E-state index >= 15 is 0 Å². The topological polar surface area (TPSA) is 56.7 Å². The molecule has 5 aromatic rings. The molecular formula is C25H20BrN5OS. The van der Waals surface area contributed by atoms with Crippen LogP contribution in [0.25, 0.3) is 15.9 Å². The number of halogens is 1. The Kier molecular flexibility index (Phi) is 5.93. The molecule has 3 aromatic carbocycles. The number of hydrogen-bond donors (Lipinski definition) is 0. The summed E-state index contributed by atoms with van der Waals surface area (Å²) in [5.74, 6) is 1.29. The molecule has 8 heteroatoms. The van der Waals surface area contributed by atoms with Crippen LogP contribution in [0.2, 0.25) is 0 Å². The number of benzene rings is 3. The smallest absolute Gasteiger partial charge is 0.231 e. The standard InChI is InChI=1S/C25H20BrN5OS/c1-17-21(16-27-28-25-30(2)22-10-6-7-11-23(22)33-25)24(32-20-14-12-18(26)13-15-20)31(29-17)19-8-4-3-5-9-19/h3-16H,1-2H3/b27-16-,28-25-. The number of ether oxygens (including phenoxy) is 1. The zero-order valence-electron chi connectivity index (χ0n) is 18.0. The molecule has 0 bridgehead atoms. The van der Waals surface area contributed by atoms with E-state index in [0.29, 0.717) is 11.6 Å². The molecule has 0 saturated carbocycles. The van der Waals surface area contributed by atoms with Crippen LogP contribution >= 0.6 is 27.3 Å². The molecule has 0 aliphatic heterocycles. The minimum atomic E-state index is 0.584. The summed E-state index contributed by atoms with van der Waals surface area (Å²) in [5, 5.41) is 13.6. The molecule has 0 spiro atoms. The number of fused-ring (bicyclic) bond motifs is 1. The number of aryl methyl sites for hydroxylation is 2. The van der Waals surface area contributed by atoms with Crippen molar-refractivity contribution in [2.24, 2.45) is 17.3 Å². The predicted octanol–water partition coefficient (Wildman–Crippen LogP) is 6.22. The Morgan fingerprint density at radius 1 is 0.970 bits per heavy atom. The summed E-state index contributed by atoms with van der Waals surface area (Å²) in [5.41, 5.74) is 3.60. The summed E-state index contributed by atoms with van der Waals surface area (Å²) in [6.07, 6.45) is 1.71. The predicted molar refractivity (Wildman–Crippen MR) is 136 cm³/mol. The van der Waals surface area contributed by atoms with Crippen LogP contribution < -0.4 is 9.54 Å². The maximum atomic E-state index is 6.29. The van der Waals surface area contributed by atoms with Crippen molar-refractivity contribution in [2.45, 2.75) is 6.92 Å². The van der Waals surface area contributed by atoms with E-state index < -0.39 is 0 Å². The Labute approximate surface area is 203 Å². The lowest BCUT2D eigenvalue weighted by molar-refractivity contribution is 0.443. The lowest BCUT2D eigenvalue weighted by Gasteiger charge is -2.10. The average molecular weight is 518 g/mol. The Morgan fingerprint density at radius 3 is 2.45 bits per heavy atom. The molecule has 0 aliphatic carbocycles. The minimum absolute atomic E-state index is 0.584. The van der Waals surface area contributed by atoms with Crippen molar-refractivity contribution < 1.29 is 4.74 Å².